The Morgan fingerprint density at radius 3 is 2.54 bits per heavy atom. The molecule has 0 unspecified atom stereocenters. The molecule has 26 heavy (non-hydrogen) atoms. The van der Waals surface area contributed by atoms with Crippen molar-refractivity contribution in [2.24, 2.45) is 7.05 Å². The van der Waals surface area contributed by atoms with Crippen molar-refractivity contribution in [3.05, 3.63) is 51.8 Å². The number of carbonyl (C=O) groups is 3. The number of rotatable bonds is 3. The lowest BCUT2D eigenvalue weighted by atomic mass is 10.1. The van der Waals surface area contributed by atoms with Gasteiger partial charge in [0, 0.05) is 41.9 Å². The average Bonchev–Trinajstić information content (AvgIpc) is 3.20. The van der Waals surface area contributed by atoms with Crippen LogP contribution in [0.2, 0.25) is 0 Å². The van der Waals surface area contributed by atoms with E-state index < -0.39 is 11.8 Å². The van der Waals surface area contributed by atoms with Crippen molar-refractivity contribution in [2.75, 3.05) is 11.4 Å². The van der Waals surface area contributed by atoms with E-state index in [0.717, 1.165) is 15.7 Å². The molecule has 0 bridgehead atoms. The number of hydrazine groups is 1. The van der Waals surface area contributed by atoms with Crippen molar-refractivity contribution in [3.8, 4) is 0 Å². The number of nitrogens with one attached hydrogen (secondary N) is 2. The topological polar surface area (TPSA) is 83.4 Å². The number of aromatic nitrogens is 1. The minimum atomic E-state index is -0.410. The first-order valence-corrected chi connectivity index (χ1v) is 9.06. The van der Waals surface area contributed by atoms with Gasteiger partial charge >= 0.3 is 0 Å². The van der Waals surface area contributed by atoms with E-state index in [-0.39, 0.29) is 5.91 Å². The Morgan fingerprint density at radius 2 is 1.88 bits per heavy atom. The van der Waals surface area contributed by atoms with Crippen LogP contribution in [0.5, 0.6) is 0 Å². The minimum absolute atomic E-state index is 0.0712. The molecule has 2 N–H and O–H groups in total. The highest BCUT2D eigenvalue weighted by Crippen LogP contribution is 2.29. The third-order valence-electron chi connectivity index (χ3n) is 4.33. The Morgan fingerprint density at radius 1 is 1.15 bits per heavy atom. The van der Waals surface area contributed by atoms with Crippen molar-refractivity contribution < 1.29 is 14.4 Å². The summed E-state index contributed by atoms with van der Waals surface area (Å²) in [6.07, 6.45) is 2.91. The van der Waals surface area contributed by atoms with Gasteiger partial charge in [-0.25, -0.2) is 0 Å². The molecule has 0 spiro atoms. The quantitative estimate of drug-likeness (QED) is 0.749. The van der Waals surface area contributed by atoms with Crippen molar-refractivity contribution in [1.82, 2.24) is 15.4 Å². The van der Waals surface area contributed by atoms with Gasteiger partial charge in [0.05, 0.1) is 0 Å². The number of fused-ring (bicyclic) bond motifs is 1. The highest BCUT2D eigenvalue weighted by atomic mass is 79.9. The van der Waals surface area contributed by atoms with Gasteiger partial charge in [0.15, 0.2) is 0 Å². The molecule has 1 aromatic heterocycles. The fraction of sp³-hybridized carbons (Fsp3) is 0.278. The molecule has 7 nitrogen and oxygen atoms in total. The fourth-order valence-corrected chi connectivity index (χ4v) is 3.52. The van der Waals surface area contributed by atoms with Crippen LogP contribution in [-0.2, 0) is 18.3 Å². The van der Waals surface area contributed by atoms with Gasteiger partial charge in [-0.1, -0.05) is 6.92 Å². The maximum atomic E-state index is 12.3. The van der Waals surface area contributed by atoms with Crippen molar-refractivity contribution in [2.45, 2.75) is 19.8 Å². The van der Waals surface area contributed by atoms with E-state index in [2.05, 4.69) is 26.8 Å². The highest BCUT2D eigenvalue weighted by Gasteiger charge is 2.24. The molecule has 8 heteroatoms. The third-order valence-corrected chi connectivity index (χ3v) is 4.77. The Labute approximate surface area is 159 Å². The van der Waals surface area contributed by atoms with Crippen LogP contribution in [0.25, 0.3) is 0 Å². The summed E-state index contributed by atoms with van der Waals surface area (Å²) in [6.45, 7) is 2.46. The summed E-state index contributed by atoms with van der Waals surface area (Å²) in [5.74, 6) is -0.746. The number of nitrogens with zero attached hydrogens (tertiary/aromatic N) is 2. The second kappa shape index (κ2) is 7.33. The van der Waals surface area contributed by atoms with E-state index >= 15 is 0 Å². The van der Waals surface area contributed by atoms with Gasteiger partial charge in [-0.05, 0) is 52.2 Å². The van der Waals surface area contributed by atoms with Crippen molar-refractivity contribution in [3.63, 3.8) is 0 Å². The summed E-state index contributed by atoms with van der Waals surface area (Å²) < 4.78 is 2.43. The molecule has 1 aromatic carbocycles. The largest absolute Gasteiger partial charge is 0.345 e. The molecule has 1 aliphatic heterocycles. The molecule has 0 aliphatic carbocycles. The average molecular weight is 419 g/mol. The lowest BCUT2D eigenvalue weighted by Crippen LogP contribution is -2.42. The number of anilines is 1. The molecule has 3 rings (SSSR count). The fourth-order valence-electron chi connectivity index (χ4n) is 2.99. The van der Waals surface area contributed by atoms with Crippen LogP contribution in [0.4, 0.5) is 5.69 Å². The van der Waals surface area contributed by atoms with Crippen LogP contribution in [0.1, 0.15) is 39.8 Å². The van der Waals surface area contributed by atoms with Gasteiger partial charge in [0.1, 0.15) is 5.69 Å². The summed E-state index contributed by atoms with van der Waals surface area (Å²) >= 11 is 3.30. The van der Waals surface area contributed by atoms with E-state index in [1.165, 1.54) is 0 Å². The lowest BCUT2D eigenvalue weighted by Gasteiger charge is -2.16. The van der Waals surface area contributed by atoms with Crippen LogP contribution in [0.15, 0.2) is 34.9 Å². The maximum absolute atomic E-state index is 12.3. The summed E-state index contributed by atoms with van der Waals surface area (Å²) in [6, 6.07) is 6.86. The molecule has 1 aliphatic rings. The first-order valence-electron chi connectivity index (χ1n) is 8.26. The zero-order valence-electron chi connectivity index (χ0n) is 14.5. The molecule has 136 valence electrons. The summed E-state index contributed by atoms with van der Waals surface area (Å²) in [5, 5.41) is 0. The first-order chi connectivity index (χ1) is 12.4. The van der Waals surface area contributed by atoms with Gasteiger partial charge in [-0.3, -0.25) is 25.2 Å². The van der Waals surface area contributed by atoms with E-state index in [0.29, 0.717) is 30.6 Å². The third kappa shape index (κ3) is 3.50. The lowest BCUT2D eigenvalue weighted by molar-refractivity contribution is -0.118. The second-order valence-electron chi connectivity index (χ2n) is 6.06. The molecule has 0 saturated carbocycles. The zero-order chi connectivity index (χ0) is 18.8. The number of halogens is 1. The molecule has 0 atom stereocenters. The van der Waals surface area contributed by atoms with Gasteiger partial charge in [0.25, 0.3) is 11.8 Å². The van der Waals surface area contributed by atoms with E-state index in [4.69, 9.17) is 0 Å². The van der Waals surface area contributed by atoms with Gasteiger partial charge in [-0.2, -0.15) is 0 Å². The first kappa shape index (κ1) is 18.2. The number of hydrogen-bond acceptors (Lipinski definition) is 3. The SMILES string of the molecule is CCC(=O)N1CCc2cc(C(=O)NNC(=O)c3cc(Br)cn3C)ccc21. The van der Waals surface area contributed by atoms with Crippen LogP contribution >= 0.6 is 15.9 Å². The van der Waals surface area contributed by atoms with Gasteiger partial charge < -0.3 is 9.47 Å². The molecule has 0 saturated heterocycles. The monoisotopic (exact) mass is 418 g/mol. The number of hydrogen-bond donors (Lipinski definition) is 2. The molecular weight excluding hydrogens is 400 g/mol. The van der Waals surface area contributed by atoms with Crippen molar-refractivity contribution in [1.29, 1.82) is 0 Å². The highest BCUT2D eigenvalue weighted by molar-refractivity contribution is 9.10. The van der Waals surface area contributed by atoms with Crippen LogP contribution in [0, 0.1) is 0 Å². The van der Waals surface area contributed by atoms with Gasteiger partial charge in [0.2, 0.25) is 5.91 Å². The minimum Gasteiger partial charge on any atom is -0.345 e. The van der Waals surface area contributed by atoms with Crippen LogP contribution in [-0.4, -0.2) is 28.8 Å². The zero-order valence-corrected chi connectivity index (χ0v) is 16.1. The van der Waals surface area contributed by atoms with Crippen molar-refractivity contribution >= 4 is 39.3 Å². The number of carbonyl (C=O) groups excluding carboxylic acids is 3. The molecule has 0 radical (unpaired) electrons. The standard InChI is InChI=1S/C18H19BrN4O3/c1-3-16(24)23-7-6-11-8-12(4-5-14(11)23)17(25)20-21-18(26)15-9-13(19)10-22(15)2/h4-5,8-10H,3,6-7H2,1-2H3,(H,20,25)(H,21,26). The number of aryl methyl sites for hydroxylation is 1. The predicted octanol–water partition coefficient (Wildman–Crippen LogP) is 2.16. The van der Waals surface area contributed by atoms with Crippen LogP contribution < -0.4 is 15.8 Å². The Balaban J connectivity index is 1.67. The second-order valence-corrected chi connectivity index (χ2v) is 6.97. The Kier molecular flexibility index (Phi) is 5.13. The van der Waals surface area contributed by atoms with Gasteiger partial charge in [-0.15, -0.1) is 0 Å². The normalized spacial score (nSPS) is 12.7. The molecule has 2 aromatic rings. The number of benzene rings is 1. The molecule has 0 fully saturated rings. The predicted molar refractivity (Wildman–Crippen MR) is 101 cm³/mol. The summed E-state index contributed by atoms with van der Waals surface area (Å²) in [4.78, 5) is 38.1. The van der Waals surface area contributed by atoms with Crippen LogP contribution in [0.3, 0.4) is 0 Å². The van der Waals surface area contributed by atoms with E-state index in [1.807, 2.05) is 6.92 Å². The summed E-state index contributed by atoms with van der Waals surface area (Å²) in [7, 11) is 1.74. The van der Waals surface area contributed by atoms with E-state index in [9.17, 15) is 14.4 Å². The smallest absolute Gasteiger partial charge is 0.286 e. The van der Waals surface area contributed by atoms with E-state index in [1.54, 1.807) is 47.0 Å². The molecule has 3 amide bonds. The number of amides is 3. The molecular formula is C18H19BrN4O3. The maximum Gasteiger partial charge on any atom is 0.286 e. The Hall–Kier alpha value is -2.61. The summed E-state index contributed by atoms with van der Waals surface area (Å²) in [5.41, 5.74) is 7.49. The Bertz CT molecular complexity index is 891. The molecule has 2 heterocycles.